The number of methoxy groups -OCH3 is 5. The van der Waals surface area contributed by atoms with Crippen LogP contribution in [0.3, 0.4) is 0 Å². The Bertz CT molecular complexity index is 1940. The van der Waals surface area contributed by atoms with Crippen LogP contribution in [0.2, 0.25) is 0 Å². The first-order valence-corrected chi connectivity index (χ1v) is 18.0. The fourth-order valence-corrected chi connectivity index (χ4v) is 6.08. The summed E-state index contributed by atoms with van der Waals surface area (Å²) in [6, 6.07) is 19.2. The lowest BCUT2D eigenvalue weighted by Gasteiger charge is -2.27. The second kappa shape index (κ2) is 19.9. The number of nitrogens with zero attached hydrogens (tertiary/aromatic N) is 5. The average Bonchev–Trinajstić information content (AvgIpc) is 3.61. The summed E-state index contributed by atoms with van der Waals surface area (Å²) in [6.45, 7) is 3.31. The zero-order valence-corrected chi connectivity index (χ0v) is 32.2. The van der Waals surface area contributed by atoms with Gasteiger partial charge in [0.25, 0.3) is 0 Å². The average molecular weight is 759 g/mol. The third kappa shape index (κ3) is 10.6. The van der Waals surface area contributed by atoms with E-state index in [1.54, 1.807) is 39.2 Å². The molecule has 0 spiro atoms. The maximum absolute atomic E-state index is 11.4. The number of fused-ring (bicyclic) bond motifs is 1. The molecule has 0 aliphatic heterocycles. The molecule has 2 N–H and O–H groups in total. The molecule has 1 atom stereocenters. The highest BCUT2D eigenvalue weighted by molar-refractivity contribution is 5.67. The number of alkyl carbamates (subject to hydrolysis) is 1. The first-order chi connectivity index (χ1) is 26.8. The molecule has 0 fully saturated rings. The Labute approximate surface area is 321 Å². The summed E-state index contributed by atoms with van der Waals surface area (Å²) in [6.07, 6.45) is 3.42. The van der Waals surface area contributed by atoms with Crippen LogP contribution in [0, 0.1) is 0 Å². The molecule has 0 radical (unpaired) electrons. The van der Waals surface area contributed by atoms with Gasteiger partial charge in [-0.25, -0.2) is 14.3 Å². The number of aromatic nitrogens is 4. The predicted molar refractivity (Wildman–Crippen MR) is 206 cm³/mol. The third-order valence-electron chi connectivity index (χ3n) is 8.85. The molecule has 5 rings (SSSR count). The molecule has 2 heterocycles. The molecule has 3 aromatic carbocycles. The van der Waals surface area contributed by atoms with Crippen molar-refractivity contribution in [2.24, 2.45) is 0 Å². The van der Waals surface area contributed by atoms with Gasteiger partial charge in [0.2, 0.25) is 0 Å². The number of hydrogen-bond donors (Lipinski definition) is 2. The van der Waals surface area contributed by atoms with E-state index in [9.17, 15) is 9.90 Å². The van der Waals surface area contributed by atoms with Crippen molar-refractivity contribution in [1.29, 1.82) is 0 Å². The number of ether oxygens (including phenoxy) is 7. The largest absolute Gasteiger partial charge is 0.497 e. The quantitative estimate of drug-likeness (QED) is 0.0889. The molecular formula is C40H50N6O9. The number of imidazole rings is 1. The lowest BCUT2D eigenvalue weighted by molar-refractivity contribution is 0.133. The zero-order chi connectivity index (χ0) is 39.2. The van der Waals surface area contributed by atoms with Crippen LogP contribution in [0.4, 0.5) is 10.6 Å². The summed E-state index contributed by atoms with van der Waals surface area (Å²) in [5, 5.41) is 17.3. The topological polar surface area (TPSA) is 160 Å². The minimum absolute atomic E-state index is 0.0338. The van der Waals surface area contributed by atoms with Gasteiger partial charge in [-0.05, 0) is 48.4 Å². The van der Waals surface area contributed by atoms with Gasteiger partial charge in [0.1, 0.15) is 41.5 Å². The van der Waals surface area contributed by atoms with E-state index in [1.807, 2.05) is 60.7 Å². The molecule has 55 heavy (non-hydrogen) atoms. The van der Waals surface area contributed by atoms with Crippen LogP contribution in [0.5, 0.6) is 34.8 Å². The van der Waals surface area contributed by atoms with Gasteiger partial charge in [0.15, 0.2) is 11.5 Å². The maximum Gasteiger partial charge on any atom is 0.406 e. The molecule has 294 valence electrons. The number of aliphatic hydroxyl groups is 1. The molecule has 0 bridgehead atoms. The smallest absolute Gasteiger partial charge is 0.406 e. The zero-order valence-electron chi connectivity index (χ0n) is 32.2. The number of carbonyl (C=O) groups is 1. The summed E-state index contributed by atoms with van der Waals surface area (Å²) in [5.74, 6) is 3.79. The Morgan fingerprint density at radius 2 is 1.56 bits per heavy atom. The van der Waals surface area contributed by atoms with Gasteiger partial charge in [-0.15, -0.1) is 5.10 Å². The van der Waals surface area contributed by atoms with Gasteiger partial charge in [-0.3, -0.25) is 0 Å². The van der Waals surface area contributed by atoms with E-state index < -0.39 is 6.09 Å². The van der Waals surface area contributed by atoms with Crippen LogP contribution >= 0.6 is 0 Å². The van der Waals surface area contributed by atoms with Crippen molar-refractivity contribution in [3.05, 3.63) is 89.2 Å². The second-order valence-electron chi connectivity index (χ2n) is 12.5. The number of anilines is 1. The SMILES string of the molecule is CCCC(CCO)Oc1nc(N(Cc2ccc(OC)cc2OC)Cc2ccc(OC)cc2OC)c2ncc(Cc3cccc(OCCNC(=O)OC)c3)n2n1. The fraction of sp³-hybridized carbons (Fsp3) is 0.400. The van der Waals surface area contributed by atoms with Crippen LogP contribution in [-0.4, -0.2) is 92.2 Å². The fourth-order valence-electron chi connectivity index (χ4n) is 6.08. The summed E-state index contributed by atoms with van der Waals surface area (Å²) in [4.78, 5) is 23.4. The molecule has 1 amide bonds. The van der Waals surface area contributed by atoms with Gasteiger partial charge in [0.05, 0.1) is 54.0 Å². The van der Waals surface area contributed by atoms with Gasteiger partial charge >= 0.3 is 12.1 Å². The molecule has 0 saturated carbocycles. The maximum atomic E-state index is 11.4. The van der Waals surface area contributed by atoms with Crippen molar-refractivity contribution in [3.63, 3.8) is 0 Å². The second-order valence-corrected chi connectivity index (χ2v) is 12.5. The van der Waals surface area contributed by atoms with Crippen molar-refractivity contribution in [3.8, 4) is 34.8 Å². The first-order valence-electron chi connectivity index (χ1n) is 18.0. The van der Waals surface area contributed by atoms with Gasteiger partial charge in [-0.2, -0.15) is 4.98 Å². The normalized spacial score (nSPS) is 11.5. The van der Waals surface area contributed by atoms with Crippen LogP contribution in [0.1, 0.15) is 48.6 Å². The van der Waals surface area contributed by atoms with Gasteiger partial charge < -0.3 is 48.5 Å². The molecule has 1 unspecified atom stereocenters. The number of rotatable bonds is 21. The van der Waals surface area contributed by atoms with Gasteiger partial charge in [0, 0.05) is 55.8 Å². The van der Waals surface area contributed by atoms with Crippen LogP contribution in [0.25, 0.3) is 5.65 Å². The monoisotopic (exact) mass is 758 g/mol. The highest BCUT2D eigenvalue weighted by Crippen LogP contribution is 2.33. The molecule has 15 heteroatoms. The van der Waals surface area contributed by atoms with Gasteiger partial charge in [-0.1, -0.05) is 25.5 Å². The first kappa shape index (κ1) is 40.2. The van der Waals surface area contributed by atoms with E-state index >= 15 is 0 Å². The predicted octanol–water partition coefficient (Wildman–Crippen LogP) is 5.62. The lowest BCUT2D eigenvalue weighted by Crippen LogP contribution is -2.27. The van der Waals surface area contributed by atoms with Crippen molar-refractivity contribution in [2.75, 3.05) is 60.2 Å². The number of benzene rings is 3. The number of amides is 1. The van der Waals surface area contributed by atoms with Crippen molar-refractivity contribution in [1.82, 2.24) is 24.9 Å². The Hall–Kier alpha value is -5.96. The third-order valence-corrected chi connectivity index (χ3v) is 8.85. The minimum atomic E-state index is -0.517. The minimum Gasteiger partial charge on any atom is -0.497 e. The van der Waals surface area contributed by atoms with Crippen molar-refractivity contribution in [2.45, 2.75) is 51.8 Å². The Balaban J connectivity index is 1.59. The molecule has 2 aromatic heterocycles. The van der Waals surface area contributed by atoms with Crippen molar-refractivity contribution >= 4 is 17.6 Å². The Kier molecular flexibility index (Phi) is 14.6. The van der Waals surface area contributed by atoms with E-state index in [0.29, 0.717) is 79.1 Å². The molecular weight excluding hydrogens is 708 g/mol. The summed E-state index contributed by atoms with van der Waals surface area (Å²) < 4.78 is 41.3. The molecule has 0 aliphatic rings. The molecule has 0 aliphatic carbocycles. The van der Waals surface area contributed by atoms with E-state index in [2.05, 4.69) is 21.9 Å². The number of carbonyl (C=O) groups excluding carboxylic acids is 1. The van der Waals surface area contributed by atoms with E-state index in [4.69, 9.17) is 43.5 Å². The van der Waals surface area contributed by atoms with Crippen LogP contribution < -0.4 is 38.6 Å². The number of hydrogen-bond acceptors (Lipinski definition) is 13. The van der Waals surface area contributed by atoms with Crippen molar-refractivity contribution < 1.29 is 43.1 Å². The molecule has 0 saturated heterocycles. The summed E-state index contributed by atoms with van der Waals surface area (Å²) in [7, 11) is 7.79. The highest BCUT2D eigenvalue weighted by atomic mass is 16.5. The van der Waals surface area contributed by atoms with E-state index in [0.717, 1.165) is 28.8 Å². The Morgan fingerprint density at radius 1 is 0.873 bits per heavy atom. The summed E-state index contributed by atoms with van der Waals surface area (Å²) in [5.41, 5.74) is 4.01. The highest BCUT2D eigenvalue weighted by Gasteiger charge is 2.24. The van der Waals surface area contributed by atoms with Crippen LogP contribution in [-0.2, 0) is 24.2 Å². The van der Waals surface area contributed by atoms with E-state index in [1.165, 1.54) is 7.11 Å². The number of nitrogens with one attached hydrogen (secondary N) is 1. The molecule has 5 aromatic rings. The lowest BCUT2D eigenvalue weighted by atomic mass is 10.1. The van der Waals surface area contributed by atoms with Crippen LogP contribution in [0.15, 0.2) is 66.9 Å². The molecule has 15 nitrogen and oxygen atoms in total. The standard InChI is InChI=1S/C40H50N6O9/c1-7-9-31(16-18-47)55-39-43-38(37-42-24-30(46(37)44-39)20-27-10-8-11-34(21-27)54-19-17-41-40(48)53-6)45(25-28-12-14-32(49-2)22-35(28)51-4)26-29-13-15-33(50-3)23-36(29)52-5/h8,10-15,21-24,31,47H,7,9,16-20,25-26H2,1-6H3,(H,41,48). The van der Waals surface area contributed by atoms with E-state index in [-0.39, 0.29) is 25.3 Å². The number of aliphatic hydroxyl groups excluding tert-OH is 1. The summed E-state index contributed by atoms with van der Waals surface area (Å²) >= 11 is 0. The Morgan fingerprint density at radius 3 is 2.16 bits per heavy atom.